The first kappa shape index (κ1) is 17.4. The number of anilines is 1. The fourth-order valence-electron chi connectivity index (χ4n) is 3.59. The minimum Gasteiger partial charge on any atom is -0.461 e. The summed E-state index contributed by atoms with van der Waals surface area (Å²) in [5.41, 5.74) is 1.27. The molecule has 0 N–H and O–H groups in total. The number of hydrogen-bond donors (Lipinski definition) is 0. The van der Waals surface area contributed by atoms with Crippen LogP contribution in [0, 0.1) is 10.1 Å². The normalized spacial score (nSPS) is 19.2. The zero-order valence-electron chi connectivity index (χ0n) is 14.3. The van der Waals surface area contributed by atoms with E-state index < -0.39 is 16.9 Å². The van der Waals surface area contributed by atoms with E-state index >= 15 is 0 Å². The van der Waals surface area contributed by atoms with E-state index in [1.807, 2.05) is 0 Å². The van der Waals surface area contributed by atoms with Crippen LogP contribution in [0.25, 0.3) is 0 Å². The standard InChI is InChI=1S/C18H22N2O5/c1-12(18(22)25-15-5-3-2-4-6-15)19-16-9-8-14(20(23)24)11-13(16)7-10-17(19)21/h8-9,11-12,15H,2-7,10H2,1H3. The minimum atomic E-state index is -0.741. The lowest BCUT2D eigenvalue weighted by Crippen LogP contribution is -2.47. The summed E-state index contributed by atoms with van der Waals surface area (Å²) in [5, 5.41) is 10.9. The number of nitro benzene ring substituents is 1. The lowest BCUT2D eigenvalue weighted by Gasteiger charge is -2.34. The number of non-ortho nitro benzene ring substituents is 1. The molecule has 25 heavy (non-hydrogen) atoms. The number of rotatable bonds is 4. The van der Waals surface area contributed by atoms with E-state index in [1.54, 1.807) is 13.0 Å². The van der Waals surface area contributed by atoms with E-state index in [0.717, 1.165) is 25.7 Å². The summed E-state index contributed by atoms with van der Waals surface area (Å²) in [4.78, 5) is 36.8. The van der Waals surface area contributed by atoms with Gasteiger partial charge in [0, 0.05) is 24.2 Å². The summed E-state index contributed by atoms with van der Waals surface area (Å²) in [5.74, 6) is -0.569. The van der Waals surface area contributed by atoms with Crippen molar-refractivity contribution in [2.75, 3.05) is 4.90 Å². The molecular formula is C18H22N2O5. The van der Waals surface area contributed by atoms with Crippen molar-refractivity contribution in [3.05, 3.63) is 33.9 Å². The number of ether oxygens (including phenoxy) is 1. The predicted octanol–water partition coefficient (Wildman–Crippen LogP) is 3.14. The van der Waals surface area contributed by atoms with Gasteiger partial charge in [0.25, 0.3) is 5.69 Å². The number of nitrogens with zero attached hydrogens (tertiary/aromatic N) is 2. The third kappa shape index (κ3) is 3.65. The van der Waals surface area contributed by atoms with E-state index in [-0.39, 0.29) is 24.1 Å². The van der Waals surface area contributed by atoms with Gasteiger partial charge in [0.2, 0.25) is 5.91 Å². The van der Waals surface area contributed by atoms with Gasteiger partial charge in [-0.15, -0.1) is 0 Å². The van der Waals surface area contributed by atoms with Crippen LogP contribution >= 0.6 is 0 Å². The molecule has 2 aliphatic rings. The van der Waals surface area contributed by atoms with Crippen LogP contribution in [0.15, 0.2) is 18.2 Å². The van der Waals surface area contributed by atoms with Crippen molar-refractivity contribution < 1.29 is 19.2 Å². The average Bonchev–Trinajstić information content (AvgIpc) is 2.61. The van der Waals surface area contributed by atoms with Crippen LogP contribution in [0.2, 0.25) is 0 Å². The molecule has 1 unspecified atom stereocenters. The Hall–Kier alpha value is -2.44. The SMILES string of the molecule is CC(C(=O)OC1CCCCC1)N1C(=O)CCc2cc([N+](=O)[O-])ccc21. The van der Waals surface area contributed by atoms with Crippen molar-refractivity contribution in [3.8, 4) is 0 Å². The largest absolute Gasteiger partial charge is 0.461 e. The maximum absolute atomic E-state index is 12.5. The first-order chi connectivity index (χ1) is 12.0. The maximum atomic E-state index is 12.5. The van der Waals surface area contributed by atoms with Gasteiger partial charge in [0.15, 0.2) is 0 Å². The van der Waals surface area contributed by atoms with Gasteiger partial charge in [-0.05, 0) is 50.7 Å². The van der Waals surface area contributed by atoms with Crippen LogP contribution in [-0.2, 0) is 20.7 Å². The molecule has 0 radical (unpaired) electrons. The third-order valence-electron chi connectivity index (χ3n) is 4.97. The van der Waals surface area contributed by atoms with Gasteiger partial charge in [0.05, 0.1) is 4.92 Å². The predicted molar refractivity (Wildman–Crippen MR) is 91.3 cm³/mol. The number of fused-ring (bicyclic) bond motifs is 1. The van der Waals surface area contributed by atoms with Crippen molar-refractivity contribution in [2.45, 2.75) is 64.0 Å². The highest BCUT2D eigenvalue weighted by molar-refractivity contribution is 6.01. The molecule has 0 aromatic heterocycles. The molecule has 1 aromatic carbocycles. The molecule has 0 spiro atoms. The molecule has 3 rings (SSSR count). The summed E-state index contributed by atoms with van der Waals surface area (Å²) in [6, 6.07) is 3.65. The van der Waals surface area contributed by atoms with Crippen LogP contribution in [-0.4, -0.2) is 28.9 Å². The highest BCUT2D eigenvalue weighted by Gasteiger charge is 2.34. The van der Waals surface area contributed by atoms with Crippen molar-refractivity contribution in [3.63, 3.8) is 0 Å². The van der Waals surface area contributed by atoms with Gasteiger partial charge in [-0.2, -0.15) is 0 Å². The second-order valence-electron chi connectivity index (χ2n) is 6.71. The molecule has 1 amide bonds. The smallest absolute Gasteiger partial charge is 0.329 e. The van der Waals surface area contributed by atoms with E-state index in [0.29, 0.717) is 17.7 Å². The zero-order chi connectivity index (χ0) is 18.0. The summed E-state index contributed by atoms with van der Waals surface area (Å²) in [6.07, 6.45) is 5.62. The Bertz CT molecular complexity index is 697. The van der Waals surface area contributed by atoms with Crippen molar-refractivity contribution in [1.29, 1.82) is 0 Å². The number of carbonyl (C=O) groups is 2. The molecule has 1 saturated carbocycles. The Labute approximate surface area is 146 Å². The number of nitro groups is 1. The number of esters is 1. The molecule has 1 aliphatic carbocycles. The van der Waals surface area contributed by atoms with Crippen LogP contribution in [0.5, 0.6) is 0 Å². The summed E-state index contributed by atoms with van der Waals surface area (Å²) in [6.45, 7) is 1.65. The number of hydrogen-bond acceptors (Lipinski definition) is 5. The fourth-order valence-corrected chi connectivity index (χ4v) is 3.59. The Morgan fingerprint density at radius 3 is 2.68 bits per heavy atom. The minimum absolute atomic E-state index is 0.00881. The summed E-state index contributed by atoms with van der Waals surface area (Å²) in [7, 11) is 0. The van der Waals surface area contributed by atoms with Crippen LogP contribution in [0.4, 0.5) is 11.4 Å². The summed E-state index contributed by atoms with van der Waals surface area (Å²) < 4.78 is 5.59. The number of benzene rings is 1. The molecule has 7 heteroatoms. The monoisotopic (exact) mass is 346 g/mol. The average molecular weight is 346 g/mol. The second kappa shape index (κ2) is 7.21. The topological polar surface area (TPSA) is 89.8 Å². The van der Waals surface area contributed by atoms with Gasteiger partial charge < -0.3 is 4.74 Å². The number of amides is 1. The number of carbonyl (C=O) groups excluding carboxylic acids is 2. The molecule has 1 aromatic rings. The zero-order valence-corrected chi connectivity index (χ0v) is 14.3. The lowest BCUT2D eigenvalue weighted by molar-refractivity contribution is -0.384. The Morgan fingerprint density at radius 1 is 1.28 bits per heavy atom. The lowest BCUT2D eigenvalue weighted by atomic mass is 9.97. The number of aryl methyl sites for hydroxylation is 1. The van der Waals surface area contributed by atoms with E-state index in [1.165, 1.54) is 23.5 Å². The summed E-state index contributed by atoms with van der Waals surface area (Å²) >= 11 is 0. The molecule has 7 nitrogen and oxygen atoms in total. The molecule has 134 valence electrons. The van der Waals surface area contributed by atoms with Gasteiger partial charge in [-0.1, -0.05) is 6.42 Å². The Morgan fingerprint density at radius 2 is 2.00 bits per heavy atom. The Kier molecular flexibility index (Phi) is 5.01. The van der Waals surface area contributed by atoms with Crippen molar-refractivity contribution >= 4 is 23.3 Å². The van der Waals surface area contributed by atoms with Gasteiger partial charge >= 0.3 is 5.97 Å². The molecule has 0 bridgehead atoms. The van der Waals surface area contributed by atoms with Crippen molar-refractivity contribution in [1.82, 2.24) is 0 Å². The highest BCUT2D eigenvalue weighted by Crippen LogP contribution is 2.33. The third-order valence-corrected chi connectivity index (χ3v) is 4.97. The molecule has 1 atom stereocenters. The van der Waals surface area contributed by atoms with Crippen molar-refractivity contribution in [2.24, 2.45) is 0 Å². The molecule has 1 aliphatic heterocycles. The van der Waals surface area contributed by atoms with E-state index in [9.17, 15) is 19.7 Å². The van der Waals surface area contributed by atoms with Gasteiger partial charge in [-0.3, -0.25) is 19.8 Å². The second-order valence-corrected chi connectivity index (χ2v) is 6.71. The molecule has 1 heterocycles. The highest BCUT2D eigenvalue weighted by atomic mass is 16.6. The quantitative estimate of drug-likeness (QED) is 0.474. The molecule has 0 saturated heterocycles. The van der Waals surface area contributed by atoms with E-state index in [2.05, 4.69) is 0 Å². The first-order valence-electron chi connectivity index (χ1n) is 8.77. The van der Waals surface area contributed by atoms with Gasteiger partial charge in [0.1, 0.15) is 12.1 Å². The first-order valence-corrected chi connectivity index (χ1v) is 8.77. The molecular weight excluding hydrogens is 324 g/mol. The van der Waals surface area contributed by atoms with Crippen LogP contribution in [0.1, 0.15) is 51.0 Å². The van der Waals surface area contributed by atoms with Gasteiger partial charge in [-0.25, -0.2) is 4.79 Å². The van der Waals surface area contributed by atoms with Crippen LogP contribution in [0.3, 0.4) is 0 Å². The van der Waals surface area contributed by atoms with E-state index in [4.69, 9.17) is 4.74 Å². The molecule has 1 fully saturated rings. The maximum Gasteiger partial charge on any atom is 0.329 e. The fraction of sp³-hybridized carbons (Fsp3) is 0.556. The van der Waals surface area contributed by atoms with Crippen LogP contribution < -0.4 is 4.90 Å². The Balaban J connectivity index is 1.79.